The Labute approximate surface area is 653 Å². The molecule has 0 spiro atoms. The molecule has 2 atom stereocenters. The van der Waals surface area contributed by atoms with Crippen LogP contribution in [0.3, 0.4) is 0 Å². The lowest BCUT2D eigenvalue weighted by atomic mass is 9.88. The van der Waals surface area contributed by atoms with E-state index in [1.165, 1.54) is 0 Å². The molecule has 12 nitrogen and oxygen atoms in total. The second-order valence-electron chi connectivity index (χ2n) is 24.5. The van der Waals surface area contributed by atoms with Crippen molar-refractivity contribution in [2.75, 3.05) is 36.2 Å². The molecule has 0 N–H and O–H groups in total. The number of hydrogen-bond acceptors (Lipinski definition) is 12. The monoisotopic (exact) mass is 2160 g/mol. The lowest BCUT2D eigenvalue weighted by molar-refractivity contribution is -0.461. The molecule has 770 valence electrons. The minimum atomic E-state index is -9.83. The smallest absolute Gasteiger partial charge is 0.267 e. The van der Waals surface area contributed by atoms with Gasteiger partial charge in [-0.3, -0.25) is 16.7 Å². The second kappa shape index (κ2) is 33.4. The third-order valence-corrected chi connectivity index (χ3v) is 20.5. The van der Waals surface area contributed by atoms with Crippen LogP contribution in [0.5, 0.6) is 0 Å². The van der Waals surface area contributed by atoms with Crippen molar-refractivity contribution in [1.29, 1.82) is 0 Å². The Kier molecular flexibility index (Phi) is 32.1. The molecular weight excluding hydrogens is 2140 g/mol. The maximum absolute atomic E-state index is 14.9. The van der Waals surface area contributed by atoms with Gasteiger partial charge in [0, 0.05) is 25.7 Å². The Balaban J connectivity index is 9.52. The summed E-state index contributed by atoms with van der Waals surface area (Å²) in [6.07, 6.45) is -64.6. The molecule has 0 aliphatic rings. The summed E-state index contributed by atoms with van der Waals surface area (Å²) >= 11 is 0. The largest absolute Gasteiger partial charge is 0.460 e. The summed E-state index contributed by atoms with van der Waals surface area (Å²) in [7, 11) is -32.6. The molecule has 84 heteroatoms. The molecular formula is C44H22F68O12S4. The van der Waals surface area contributed by atoms with Gasteiger partial charge in [-0.2, -0.15) is 332 Å². The van der Waals surface area contributed by atoms with Gasteiger partial charge in [0.2, 0.25) is 0 Å². The van der Waals surface area contributed by atoms with Crippen LogP contribution in [0.4, 0.5) is 299 Å². The van der Waals surface area contributed by atoms with E-state index in [1.807, 2.05) is 0 Å². The average molecular weight is 2160 g/mol. The third-order valence-electron chi connectivity index (χ3n) is 15.6. The molecule has 0 aliphatic carbocycles. The fraction of sp³-hybridized carbons (Fsp3) is 1.00. The zero-order valence-corrected chi connectivity index (χ0v) is 59.7. The van der Waals surface area contributed by atoms with Crippen LogP contribution in [-0.4, -0.2) is 273 Å². The van der Waals surface area contributed by atoms with Crippen molar-refractivity contribution < 1.29 is 349 Å². The van der Waals surface area contributed by atoms with Crippen molar-refractivity contribution in [1.82, 2.24) is 0 Å². The normalized spacial score (nSPS) is 17.4. The van der Waals surface area contributed by atoms with Gasteiger partial charge in [-0.25, -0.2) is 0 Å². The van der Waals surface area contributed by atoms with Crippen molar-refractivity contribution in [3.8, 4) is 0 Å². The first kappa shape index (κ1) is 123. The summed E-state index contributed by atoms with van der Waals surface area (Å²) < 4.78 is 1060. The van der Waals surface area contributed by atoms with Crippen LogP contribution < -0.4 is 0 Å². The first-order valence-corrected chi connectivity index (χ1v) is 34.9. The van der Waals surface area contributed by atoms with E-state index in [0.717, 1.165) is 0 Å². The Morgan fingerprint density at radius 3 is 0.367 bits per heavy atom. The molecule has 0 saturated carbocycles. The van der Waals surface area contributed by atoms with Crippen molar-refractivity contribution in [3.63, 3.8) is 0 Å². The highest BCUT2D eigenvalue weighted by molar-refractivity contribution is 7.87. The maximum Gasteiger partial charge on any atom is 0.460 e. The molecule has 0 amide bonds. The molecule has 128 heavy (non-hydrogen) atoms. The first-order chi connectivity index (χ1) is 54.2. The number of hydrogen-bond donors (Lipinski definition) is 0. The van der Waals surface area contributed by atoms with Crippen LogP contribution in [0.1, 0.15) is 25.7 Å². The fourth-order valence-corrected chi connectivity index (χ4v) is 12.0. The van der Waals surface area contributed by atoms with E-state index in [-0.39, 0.29) is 0 Å². The van der Waals surface area contributed by atoms with Gasteiger partial charge in [-0.15, -0.1) is 0 Å². The third kappa shape index (κ3) is 19.2. The van der Waals surface area contributed by atoms with E-state index in [2.05, 4.69) is 16.7 Å². The zero-order valence-electron chi connectivity index (χ0n) is 56.5. The highest BCUT2D eigenvalue weighted by Gasteiger charge is 3.00. The molecule has 0 saturated heterocycles. The fourth-order valence-electron chi connectivity index (χ4n) is 7.75. The van der Waals surface area contributed by atoms with Crippen LogP contribution in [-0.2, 0) is 57.2 Å². The molecule has 0 radical (unpaired) electrons. The van der Waals surface area contributed by atoms with Gasteiger partial charge < -0.3 is 0 Å². The van der Waals surface area contributed by atoms with Gasteiger partial charge in [0.1, 0.15) is 12.2 Å². The van der Waals surface area contributed by atoms with Gasteiger partial charge in [-0.1, -0.05) is 0 Å². The van der Waals surface area contributed by atoms with Gasteiger partial charge in [0.25, 0.3) is 40.5 Å². The van der Waals surface area contributed by atoms with E-state index >= 15 is 0 Å². The Morgan fingerprint density at radius 1 is 0.148 bits per heavy atom. The van der Waals surface area contributed by atoms with Crippen LogP contribution in [0.15, 0.2) is 0 Å². The quantitative estimate of drug-likeness (QED) is 0.0417. The van der Waals surface area contributed by atoms with Gasteiger partial charge in [0.05, 0.1) is 36.2 Å². The topological polar surface area (TPSA) is 173 Å². The van der Waals surface area contributed by atoms with Crippen molar-refractivity contribution in [2.24, 2.45) is 0 Å². The van der Waals surface area contributed by atoms with Crippen LogP contribution in [0, 0.1) is 0 Å². The standard InChI is InChI=1S/C44H22F68O12S4/c45-13(46,17(53,54)21(61,62)25(69,70)29(77,78)33(85,86)37(93,94)41(101,102)103)1-5-125(113,114)121-9-11(123-127(117,118)7-3-15(49,50)19(57,58)23(65,66)27(73,74)31(81,82)35(89,90)39(97,98)43(107,108)109)12(124-128(119,120)8-4-16(51,52)20(59,60)24(67,68)28(75,76)32(83,84)36(91,92)40(99,100)44(110,111)112)10-122-126(115,116)6-2-14(47,48)18(55,56)22(63,64)26(71,72)30(79,80)34(87,88)38(95,96)42(104,105)106/h11-12H,1-10H2. The SMILES string of the molecule is O=S(=O)(CCC(F)(F)C(F)(F)C(F)(F)C(F)(F)C(F)(F)C(F)(F)C(F)(F)C(F)(F)F)OCC(OS(=O)(=O)CCC(F)(F)C(F)(F)C(F)(F)C(F)(F)C(F)(F)C(F)(F)C(F)(F)C(F)(F)F)C(COS(=O)(=O)CCC(F)(F)C(F)(F)C(F)(F)C(F)(F)C(F)(F)C(F)(F)C(F)(F)C(F)(F)F)OS(=O)(=O)CCC(F)(F)C(F)(F)C(F)(F)C(F)(F)C(F)(F)C(F)(F)C(F)(F)C(F)(F)F. The number of alkyl halides is 68. The summed E-state index contributed by atoms with van der Waals surface area (Å²) in [5.74, 6) is -279. The minimum Gasteiger partial charge on any atom is -0.267 e. The van der Waals surface area contributed by atoms with Crippen LogP contribution >= 0.6 is 0 Å². The van der Waals surface area contributed by atoms with E-state index < -0.39 is 305 Å². The van der Waals surface area contributed by atoms with E-state index in [1.54, 1.807) is 0 Å². The highest BCUT2D eigenvalue weighted by Crippen LogP contribution is 2.71. The lowest BCUT2D eigenvalue weighted by Gasteiger charge is -2.42. The van der Waals surface area contributed by atoms with Crippen molar-refractivity contribution in [3.05, 3.63) is 0 Å². The lowest BCUT2D eigenvalue weighted by Crippen LogP contribution is -2.74. The molecule has 0 aliphatic heterocycles. The van der Waals surface area contributed by atoms with Gasteiger partial charge in [-0.05, 0) is 0 Å². The zero-order chi connectivity index (χ0) is 105. The molecule has 0 fully saturated rings. The molecule has 0 aromatic rings. The van der Waals surface area contributed by atoms with E-state index in [4.69, 9.17) is 0 Å². The molecule has 0 heterocycles. The number of halogens is 68. The molecule has 0 rings (SSSR count). The molecule has 0 aromatic carbocycles. The molecule has 0 aromatic heterocycles. The van der Waals surface area contributed by atoms with Crippen LogP contribution in [0.2, 0.25) is 0 Å². The van der Waals surface area contributed by atoms with Gasteiger partial charge in [0.15, 0.2) is 0 Å². The number of rotatable bonds is 47. The van der Waals surface area contributed by atoms with Gasteiger partial charge >= 0.3 is 191 Å². The Morgan fingerprint density at radius 2 is 0.250 bits per heavy atom. The second-order valence-corrected chi connectivity index (χ2v) is 31.4. The molecule has 0 bridgehead atoms. The Bertz CT molecular complexity index is 4060. The minimum absolute atomic E-state index is 3.03. The summed E-state index contributed by atoms with van der Waals surface area (Å²) in [6, 6.07) is 0. The average Bonchev–Trinajstić information content (AvgIpc) is 0.706. The predicted molar refractivity (Wildman–Crippen MR) is 258 cm³/mol. The van der Waals surface area contributed by atoms with Crippen molar-refractivity contribution >= 4 is 40.5 Å². The van der Waals surface area contributed by atoms with Crippen molar-refractivity contribution in [2.45, 2.75) is 228 Å². The van der Waals surface area contributed by atoms with Crippen LogP contribution in [0.25, 0.3) is 0 Å². The first-order valence-electron chi connectivity index (χ1n) is 28.6. The van der Waals surface area contributed by atoms with E-state index in [9.17, 15) is 332 Å². The summed E-state index contributed by atoms with van der Waals surface area (Å²) in [6.45, 7) is -8.54. The summed E-state index contributed by atoms with van der Waals surface area (Å²) in [5, 5.41) is 0. The summed E-state index contributed by atoms with van der Waals surface area (Å²) in [5.41, 5.74) is 0. The highest BCUT2D eigenvalue weighted by atomic mass is 32.2. The van der Waals surface area contributed by atoms with E-state index in [0.29, 0.717) is 0 Å². The summed E-state index contributed by atoms with van der Waals surface area (Å²) in [4.78, 5) is 0. The maximum atomic E-state index is 14.9. The predicted octanol–water partition coefficient (Wildman–Crippen LogP) is 20.7. The molecule has 2 unspecified atom stereocenters. The Hall–Kier alpha value is -5.12.